The number of pyridine rings is 1. The Morgan fingerprint density at radius 3 is 3.11 bits per heavy atom. The fourth-order valence-corrected chi connectivity index (χ4v) is 3.33. The van der Waals surface area contributed by atoms with Crippen molar-refractivity contribution >= 4 is 11.6 Å². The molecule has 1 atom stereocenters. The van der Waals surface area contributed by atoms with E-state index >= 15 is 0 Å². The largest absolute Gasteiger partial charge is 0.480 e. The number of hydrogen-bond donors (Lipinski definition) is 0. The maximum atomic E-state index is 13.0. The zero-order valence-electron chi connectivity index (χ0n) is 15.1. The van der Waals surface area contributed by atoms with Gasteiger partial charge in [-0.3, -0.25) is 4.79 Å². The summed E-state index contributed by atoms with van der Waals surface area (Å²) < 4.78 is 12.7. The van der Waals surface area contributed by atoms with Crippen molar-refractivity contribution in [3.8, 4) is 5.88 Å². The summed E-state index contributed by atoms with van der Waals surface area (Å²) in [7, 11) is 1.52. The summed E-state index contributed by atoms with van der Waals surface area (Å²) in [5.74, 6) is 0.414. The number of imidazole rings is 1. The van der Waals surface area contributed by atoms with E-state index in [0.29, 0.717) is 37.7 Å². The average molecular weight is 367 g/mol. The fourth-order valence-electron chi connectivity index (χ4n) is 3.33. The van der Waals surface area contributed by atoms with E-state index in [1.165, 1.54) is 7.11 Å². The number of aromatic nitrogens is 4. The molecule has 1 aliphatic heterocycles. The smallest absolute Gasteiger partial charge is 0.259 e. The van der Waals surface area contributed by atoms with E-state index in [1.54, 1.807) is 29.0 Å². The van der Waals surface area contributed by atoms with Gasteiger partial charge in [-0.1, -0.05) is 0 Å². The molecule has 0 bridgehead atoms. The summed E-state index contributed by atoms with van der Waals surface area (Å²) in [6, 6.07) is 7.40. The third-order valence-electron chi connectivity index (χ3n) is 4.63. The summed E-state index contributed by atoms with van der Waals surface area (Å²) >= 11 is 0. The number of carbonyl (C=O) groups excluding carboxylic acids is 1. The van der Waals surface area contributed by atoms with Gasteiger partial charge in [-0.05, 0) is 30.7 Å². The van der Waals surface area contributed by atoms with Gasteiger partial charge < -0.3 is 14.4 Å². The highest BCUT2D eigenvalue weighted by Crippen LogP contribution is 2.19. The van der Waals surface area contributed by atoms with Crippen LogP contribution < -0.4 is 4.74 Å². The topological polar surface area (TPSA) is 81.8 Å². The number of hydrogen-bond acceptors (Lipinski definition) is 6. The molecule has 1 fully saturated rings. The molecule has 0 N–H and O–H groups in total. The SMILES string of the molecule is COc1ncccc1C(=O)N1CCOC[C@@H](Cc2ccc3nccn3n2)C1. The van der Waals surface area contributed by atoms with Crippen molar-refractivity contribution in [3.05, 3.63) is 54.1 Å². The van der Waals surface area contributed by atoms with E-state index in [1.807, 2.05) is 23.2 Å². The van der Waals surface area contributed by atoms with Gasteiger partial charge in [0.15, 0.2) is 5.65 Å². The molecular formula is C19H21N5O3. The lowest BCUT2D eigenvalue weighted by molar-refractivity contribution is 0.0733. The zero-order valence-corrected chi connectivity index (χ0v) is 15.1. The van der Waals surface area contributed by atoms with E-state index < -0.39 is 0 Å². The standard InChI is InChI=1S/C19H21N5O3/c1-26-18-16(3-2-6-21-18)19(25)23-9-10-27-13-14(12-23)11-15-4-5-17-20-7-8-24(17)22-15/h2-8,14H,9-13H2,1H3/t14-/m0/s1. The Morgan fingerprint density at radius 1 is 1.30 bits per heavy atom. The first-order valence-corrected chi connectivity index (χ1v) is 8.90. The van der Waals surface area contributed by atoms with Crippen LogP contribution in [-0.4, -0.2) is 63.8 Å². The highest BCUT2D eigenvalue weighted by atomic mass is 16.5. The Kier molecular flexibility index (Phi) is 4.97. The second kappa shape index (κ2) is 7.71. The molecule has 8 nitrogen and oxygen atoms in total. The molecule has 0 unspecified atom stereocenters. The number of fused-ring (bicyclic) bond motifs is 1. The zero-order chi connectivity index (χ0) is 18.6. The molecule has 1 aliphatic rings. The third-order valence-corrected chi connectivity index (χ3v) is 4.63. The first-order valence-electron chi connectivity index (χ1n) is 8.90. The normalized spacial score (nSPS) is 17.7. The van der Waals surface area contributed by atoms with E-state index in [-0.39, 0.29) is 11.8 Å². The number of carbonyl (C=O) groups is 1. The minimum atomic E-state index is -0.0894. The minimum Gasteiger partial charge on any atom is -0.480 e. The lowest BCUT2D eigenvalue weighted by Gasteiger charge is -2.24. The lowest BCUT2D eigenvalue weighted by atomic mass is 10.0. The molecule has 27 heavy (non-hydrogen) atoms. The molecule has 0 aliphatic carbocycles. The quantitative estimate of drug-likeness (QED) is 0.694. The Bertz CT molecular complexity index is 942. The highest BCUT2D eigenvalue weighted by molar-refractivity contribution is 5.96. The maximum absolute atomic E-state index is 13.0. The summed E-state index contributed by atoms with van der Waals surface area (Å²) in [6.07, 6.45) is 5.89. The Labute approximate surface area is 156 Å². The van der Waals surface area contributed by atoms with Gasteiger partial charge in [-0.15, -0.1) is 0 Å². The Morgan fingerprint density at radius 2 is 2.22 bits per heavy atom. The number of methoxy groups -OCH3 is 1. The van der Waals surface area contributed by atoms with Gasteiger partial charge in [0.1, 0.15) is 5.56 Å². The van der Waals surface area contributed by atoms with Crippen LogP contribution in [0.1, 0.15) is 16.1 Å². The average Bonchev–Trinajstić information content (AvgIpc) is 3.05. The monoisotopic (exact) mass is 367 g/mol. The maximum Gasteiger partial charge on any atom is 0.259 e. The summed E-state index contributed by atoms with van der Waals surface area (Å²) in [6.45, 7) is 2.25. The molecule has 1 amide bonds. The summed E-state index contributed by atoms with van der Waals surface area (Å²) in [5.41, 5.74) is 2.23. The molecule has 4 heterocycles. The number of rotatable bonds is 4. The van der Waals surface area contributed by atoms with E-state index in [2.05, 4.69) is 15.1 Å². The van der Waals surface area contributed by atoms with Crippen molar-refractivity contribution in [2.24, 2.45) is 5.92 Å². The molecule has 4 rings (SSSR count). The van der Waals surface area contributed by atoms with E-state index in [0.717, 1.165) is 17.8 Å². The van der Waals surface area contributed by atoms with Crippen LogP contribution in [0.25, 0.3) is 5.65 Å². The second-order valence-electron chi connectivity index (χ2n) is 6.51. The summed E-state index contributed by atoms with van der Waals surface area (Å²) in [4.78, 5) is 23.1. The predicted octanol–water partition coefficient (Wildman–Crippen LogP) is 1.46. The molecular weight excluding hydrogens is 346 g/mol. The van der Waals surface area contributed by atoms with Crippen LogP contribution in [0, 0.1) is 5.92 Å². The minimum absolute atomic E-state index is 0.0894. The molecule has 0 spiro atoms. The van der Waals surface area contributed by atoms with Crippen LogP contribution in [-0.2, 0) is 11.2 Å². The van der Waals surface area contributed by atoms with Crippen molar-refractivity contribution in [2.45, 2.75) is 6.42 Å². The van der Waals surface area contributed by atoms with Crippen molar-refractivity contribution in [1.29, 1.82) is 0 Å². The number of amides is 1. The van der Waals surface area contributed by atoms with Crippen molar-refractivity contribution in [2.75, 3.05) is 33.4 Å². The van der Waals surface area contributed by atoms with Gasteiger partial charge in [-0.2, -0.15) is 5.10 Å². The van der Waals surface area contributed by atoms with Gasteiger partial charge in [0, 0.05) is 37.6 Å². The van der Waals surface area contributed by atoms with Gasteiger partial charge in [-0.25, -0.2) is 14.5 Å². The molecule has 1 saturated heterocycles. The van der Waals surface area contributed by atoms with Crippen molar-refractivity contribution in [1.82, 2.24) is 24.5 Å². The lowest BCUT2D eigenvalue weighted by Crippen LogP contribution is -2.36. The molecule has 0 radical (unpaired) electrons. The van der Waals surface area contributed by atoms with Crippen LogP contribution in [0.2, 0.25) is 0 Å². The van der Waals surface area contributed by atoms with Gasteiger partial charge in [0.2, 0.25) is 5.88 Å². The molecule has 140 valence electrons. The first kappa shape index (κ1) is 17.4. The van der Waals surface area contributed by atoms with E-state index in [4.69, 9.17) is 9.47 Å². The second-order valence-corrected chi connectivity index (χ2v) is 6.51. The van der Waals surface area contributed by atoms with Crippen LogP contribution in [0.5, 0.6) is 5.88 Å². The first-order chi connectivity index (χ1) is 13.2. The molecule has 3 aromatic heterocycles. The van der Waals surface area contributed by atoms with Crippen LogP contribution in [0.3, 0.4) is 0 Å². The Hall–Kier alpha value is -3.00. The molecule has 0 saturated carbocycles. The highest BCUT2D eigenvalue weighted by Gasteiger charge is 2.26. The van der Waals surface area contributed by atoms with Crippen LogP contribution >= 0.6 is 0 Å². The number of nitrogens with zero attached hydrogens (tertiary/aromatic N) is 5. The number of ether oxygens (including phenoxy) is 2. The molecule has 0 aromatic carbocycles. The molecule has 3 aromatic rings. The fraction of sp³-hybridized carbons (Fsp3) is 0.368. The Balaban J connectivity index is 1.50. The van der Waals surface area contributed by atoms with Gasteiger partial charge in [0.25, 0.3) is 5.91 Å². The van der Waals surface area contributed by atoms with Crippen molar-refractivity contribution in [3.63, 3.8) is 0 Å². The third kappa shape index (κ3) is 3.75. The van der Waals surface area contributed by atoms with Gasteiger partial charge in [0.05, 0.1) is 26.0 Å². The van der Waals surface area contributed by atoms with Gasteiger partial charge >= 0.3 is 0 Å². The van der Waals surface area contributed by atoms with Crippen LogP contribution in [0.15, 0.2) is 42.9 Å². The van der Waals surface area contributed by atoms with Crippen molar-refractivity contribution < 1.29 is 14.3 Å². The summed E-state index contributed by atoms with van der Waals surface area (Å²) in [5, 5.41) is 4.58. The van der Waals surface area contributed by atoms with E-state index in [9.17, 15) is 4.79 Å². The molecule has 8 heteroatoms. The van der Waals surface area contributed by atoms with Crippen LogP contribution in [0.4, 0.5) is 0 Å². The predicted molar refractivity (Wildman–Crippen MR) is 97.7 cm³/mol.